The summed E-state index contributed by atoms with van der Waals surface area (Å²) >= 11 is 5.89. The van der Waals surface area contributed by atoms with Gasteiger partial charge in [0.15, 0.2) is 0 Å². The molecule has 0 spiro atoms. The van der Waals surface area contributed by atoms with Crippen LogP contribution in [-0.4, -0.2) is 19.0 Å². The second-order valence-corrected chi connectivity index (χ2v) is 5.24. The highest BCUT2D eigenvalue weighted by Gasteiger charge is 2.35. The van der Waals surface area contributed by atoms with Gasteiger partial charge in [-0.3, -0.25) is 4.79 Å². The van der Waals surface area contributed by atoms with Crippen molar-refractivity contribution in [2.75, 3.05) is 13.1 Å². The Kier molecular flexibility index (Phi) is 5.45. The molecule has 0 aromatic heterocycles. The van der Waals surface area contributed by atoms with Crippen LogP contribution in [0.4, 0.5) is 0 Å². The van der Waals surface area contributed by atoms with Crippen LogP contribution in [0.1, 0.15) is 18.9 Å². The van der Waals surface area contributed by atoms with Crippen LogP contribution in [0.15, 0.2) is 24.3 Å². The molecule has 1 atom stereocenters. The predicted octanol–water partition coefficient (Wildman–Crippen LogP) is 2.38. The average molecular weight is 289 g/mol. The Morgan fingerprint density at radius 3 is 2.94 bits per heavy atom. The first-order valence-electron chi connectivity index (χ1n) is 5.84. The van der Waals surface area contributed by atoms with Crippen LogP contribution in [0, 0.1) is 5.41 Å². The van der Waals surface area contributed by atoms with E-state index in [4.69, 9.17) is 11.6 Å². The Morgan fingerprint density at radius 1 is 1.56 bits per heavy atom. The van der Waals surface area contributed by atoms with E-state index >= 15 is 0 Å². The molecule has 1 unspecified atom stereocenters. The van der Waals surface area contributed by atoms with Crippen molar-refractivity contribution in [2.24, 2.45) is 5.41 Å². The van der Waals surface area contributed by atoms with Crippen molar-refractivity contribution in [1.29, 1.82) is 0 Å². The molecule has 1 amide bonds. The van der Waals surface area contributed by atoms with Gasteiger partial charge in [-0.1, -0.05) is 23.7 Å². The smallest absolute Gasteiger partial charge is 0.227 e. The number of benzene rings is 1. The lowest BCUT2D eigenvalue weighted by molar-refractivity contribution is -0.129. The molecule has 1 aromatic carbocycles. The fourth-order valence-corrected chi connectivity index (χ4v) is 2.27. The van der Waals surface area contributed by atoms with Crippen molar-refractivity contribution in [3.8, 4) is 0 Å². The van der Waals surface area contributed by atoms with Gasteiger partial charge in [0.2, 0.25) is 5.91 Å². The van der Waals surface area contributed by atoms with E-state index in [0.29, 0.717) is 11.6 Å². The third-order valence-corrected chi connectivity index (χ3v) is 3.49. The summed E-state index contributed by atoms with van der Waals surface area (Å²) in [7, 11) is 0. The minimum Gasteiger partial charge on any atom is -0.352 e. The van der Waals surface area contributed by atoms with E-state index in [1.807, 2.05) is 31.2 Å². The van der Waals surface area contributed by atoms with Crippen LogP contribution >= 0.6 is 24.0 Å². The monoisotopic (exact) mass is 288 g/mol. The number of hydrogen-bond acceptors (Lipinski definition) is 2. The number of rotatable bonds is 3. The van der Waals surface area contributed by atoms with Gasteiger partial charge >= 0.3 is 0 Å². The molecular weight excluding hydrogens is 271 g/mol. The highest BCUT2D eigenvalue weighted by molar-refractivity contribution is 6.30. The molecule has 0 radical (unpaired) electrons. The van der Waals surface area contributed by atoms with E-state index in [0.717, 1.165) is 25.1 Å². The molecule has 1 aromatic rings. The van der Waals surface area contributed by atoms with E-state index in [9.17, 15) is 4.79 Å². The van der Waals surface area contributed by atoms with E-state index in [1.54, 1.807) is 0 Å². The summed E-state index contributed by atoms with van der Waals surface area (Å²) in [5, 5.41) is 6.89. The molecule has 0 saturated carbocycles. The van der Waals surface area contributed by atoms with Crippen LogP contribution < -0.4 is 10.6 Å². The normalized spacial score (nSPS) is 22.3. The zero-order valence-electron chi connectivity index (χ0n) is 10.3. The van der Waals surface area contributed by atoms with Gasteiger partial charge in [-0.25, -0.2) is 0 Å². The maximum Gasteiger partial charge on any atom is 0.227 e. The van der Waals surface area contributed by atoms with E-state index in [2.05, 4.69) is 10.6 Å². The molecule has 1 aliphatic rings. The second kappa shape index (κ2) is 6.41. The van der Waals surface area contributed by atoms with Gasteiger partial charge in [0.1, 0.15) is 0 Å². The van der Waals surface area contributed by atoms with Gasteiger partial charge in [-0.05, 0) is 37.6 Å². The molecule has 2 rings (SSSR count). The molecule has 0 aliphatic carbocycles. The van der Waals surface area contributed by atoms with E-state index in [-0.39, 0.29) is 23.7 Å². The van der Waals surface area contributed by atoms with Gasteiger partial charge < -0.3 is 10.6 Å². The number of carbonyl (C=O) groups is 1. The first-order chi connectivity index (χ1) is 8.10. The summed E-state index contributed by atoms with van der Waals surface area (Å²) in [6.07, 6.45) is 0.897. The standard InChI is InChI=1S/C13H17ClN2O.ClH/c1-13(5-6-15-9-13)12(17)16-8-10-3-2-4-11(14)7-10;/h2-4,7,15H,5-6,8-9H2,1H3,(H,16,17);1H. The highest BCUT2D eigenvalue weighted by atomic mass is 35.5. The minimum absolute atomic E-state index is 0. The predicted molar refractivity (Wildman–Crippen MR) is 76.1 cm³/mol. The van der Waals surface area contributed by atoms with Crippen LogP contribution in [0.3, 0.4) is 0 Å². The fraction of sp³-hybridized carbons (Fsp3) is 0.462. The Labute approximate surface area is 119 Å². The van der Waals surface area contributed by atoms with E-state index < -0.39 is 0 Å². The SMILES string of the molecule is CC1(C(=O)NCc2cccc(Cl)c2)CCNC1.Cl. The van der Waals surface area contributed by atoms with Gasteiger partial charge in [-0.15, -0.1) is 12.4 Å². The van der Waals surface area contributed by atoms with Crippen LogP contribution in [-0.2, 0) is 11.3 Å². The molecule has 18 heavy (non-hydrogen) atoms. The van der Waals surface area contributed by atoms with Gasteiger partial charge in [-0.2, -0.15) is 0 Å². The Hall–Kier alpha value is -0.770. The van der Waals surface area contributed by atoms with Crippen LogP contribution in [0.25, 0.3) is 0 Å². The lowest BCUT2D eigenvalue weighted by Gasteiger charge is -2.21. The Balaban J connectivity index is 0.00000162. The summed E-state index contributed by atoms with van der Waals surface area (Å²) < 4.78 is 0. The first-order valence-corrected chi connectivity index (χ1v) is 6.21. The van der Waals surface area contributed by atoms with Gasteiger partial charge in [0, 0.05) is 18.1 Å². The average Bonchev–Trinajstić information content (AvgIpc) is 2.74. The lowest BCUT2D eigenvalue weighted by atomic mass is 9.89. The molecule has 3 nitrogen and oxygen atoms in total. The Bertz CT molecular complexity index is 417. The highest BCUT2D eigenvalue weighted by Crippen LogP contribution is 2.24. The van der Waals surface area contributed by atoms with E-state index in [1.165, 1.54) is 0 Å². The van der Waals surface area contributed by atoms with Crippen molar-refractivity contribution < 1.29 is 4.79 Å². The van der Waals surface area contributed by atoms with Gasteiger partial charge in [0.05, 0.1) is 5.41 Å². The van der Waals surface area contributed by atoms with Crippen molar-refractivity contribution in [1.82, 2.24) is 10.6 Å². The van der Waals surface area contributed by atoms with Crippen molar-refractivity contribution >= 4 is 29.9 Å². The summed E-state index contributed by atoms with van der Waals surface area (Å²) in [5.74, 6) is 0.113. The lowest BCUT2D eigenvalue weighted by Crippen LogP contribution is -2.39. The summed E-state index contributed by atoms with van der Waals surface area (Å²) in [6.45, 7) is 4.21. The Morgan fingerprint density at radius 2 is 2.33 bits per heavy atom. The number of hydrogen-bond donors (Lipinski definition) is 2. The maximum atomic E-state index is 12.0. The van der Waals surface area contributed by atoms with Crippen molar-refractivity contribution in [3.63, 3.8) is 0 Å². The number of halogens is 2. The third kappa shape index (κ3) is 3.61. The number of amides is 1. The summed E-state index contributed by atoms with van der Waals surface area (Å²) in [5.41, 5.74) is 0.763. The molecule has 1 fully saturated rings. The van der Waals surface area contributed by atoms with Crippen LogP contribution in [0.5, 0.6) is 0 Å². The zero-order chi connectivity index (χ0) is 12.3. The first kappa shape index (κ1) is 15.3. The van der Waals surface area contributed by atoms with Crippen molar-refractivity contribution in [3.05, 3.63) is 34.9 Å². The molecule has 2 N–H and O–H groups in total. The minimum atomic E-state index is -0.265. The molecule has 1 heterocycles. The summed E-state index contributed by atoms with van der Waals surface area (Å²) in [4.78, 5) is 12.0. The molecule has 1 aliphatic heterocycles. The topological polar surface area (TPSA) is 41.1 Å². The largest absolute Gasteiger partial charge is 0.352 e. The number of nitrogens with one attached hydrogen (secondary N) is 2. The molecular formula is C13H18Cl2N2O. The maximum absolute atomic E-state index is 12.0. The third-order valence-electron chi connectivity index (χ3n) is 3.26. The number of carbonyl (C=O) groups excluding carboxylic acids is 1. The van der Waals surface area contributed by atoms with Crippen molar-refractivity contribution in [2.45, 2.75) is 19.9 Å². The molecule has 1 saturated heterocycles. The van der Waals surface area contributed by atoms with Crippen LogP contribution in [0.2, 0.25) is 5.02 Å². The van der Waals surface area contributed by atoms with Gasteiger partial charge in [0.25, 0.3) is 0 Å². The molecule has 5 heteroatoms. The quantitative estimate of drug-likeness (QED) is 0.897. The molecule has 0 bridgehead atoms. The molecule has 100 valence electrons. The zero-order valence-corrected chi connectivity index (χ0v) is 11.9. The fourth-order valence-electron chi connectivity index (χ4n) is 2.05. The second-order valence-electron chi connectivity index (χ2n) is 4.80. The summed E-state index contributed by atoms with van der Waals surface area (Å²) in [6, 6.07) is 7.55.